The molecule has 10 heteroatoms. The van der Waals surface area contributed by atoms with E-state index in [1.54, 1.807) is 0 Å². The summed E-state index contributed by atoms with van der Waals surface area (Å²) < 4.78 is 11.8. The quantitative estimate of drug-likeness (QED) is 0.269. The van der Waals surface area contributed by atoms with E-state index in [1.807, 2.05) is 4.90 Å². The number of alkyl halides is 1. The molecule has 5 rings (SSSR count). The number of esters is 1. The maximum absolute atomic E-state index is 12.3. The molecule has 0 spiro atoms. The normalized spacial score (nSPS) is 54.4. The molecule has 1 saturated carbocycles. The summed E-state index contributed by atoms with van der Waals surface area (Å²) in [5.41, 5.74) is 6.17. The number of aliphatic hydroxyl groups excluding tert-OH is 2. The van der Waals surface area contributed by atoms with E-state index in [0.717, 1.165) is 19.3 Å². The highest BCUT2D eigenvalue weighted by Crippen LogP contribution is 2.45. The maximum Gasteiger partial charge on any atom is 0.309 e. The van der Waals surface area contributed by atoms with Crippen LogP contribution in [0.5, 0.6) is 0 Å². The van der Waals surface area contributed by atoms with Crippen LogP contribution in [0.15, 0.2) is 0 Å². The summed E-state index contributed by atoms with van der Waals surface area (Å²) in [5.74, 6) is -0.326. The average molecular weight is 417 g/mol. The van der Waals surface area contributed by atoms with Crippen LogP contribution in [0.4, 0.5) is 0 Å². The number of hydrogen-bond acceptors (Lipinski definition) is 9. The van der Waals surface area contributed by atoms with Gasteiger partial charge in [0.1, 0.15) is 30.6 Å². The van der Waals surface area contributed by atoms with E-state index >= 15 is 0 Å². The summed E-state index contributed by atoms with van der Waals surface area (Å²) >= 11 is 6.24. The molecule has 6 N–H and O–H groups in total. The Kier molecular flexibility index (Phi) is 5.08. The van der Waals surface area contributed by atoms with E-state index in [9.17, 15) is 15.0 Å². The first kappa shape index (κ1) is 19.4. The van der Waals surface area contributed by atoms with Crippen molar-refractivity contribution in [3.8, 4) is 0 Å². The van der Waals surface area contributed by atoms with Crippen LogP contribution in [0.25, 0.3) is 0 Å². The fourth-order valence-corrected chi connectivity index (χ4v) is 6.18. The van der Waals surface area contributed by atoms with Gasteiger partial charge in [0, 0.05) is 30.4 Å². The van der Waals surface area contributed by atoms with Gasteiger partial charge in [-0.1, -0.05) is 0 Å². The van der Waals surface area contributed by atoms with Crippen LogP contribution in [0, 0.1) is 17.8 Å². The molecule has 0 aromatic rings. The van der Waals surface area contributed by atoms with Crippen molar-refractivity contribution in [3.63, 3.8) is 0 Å². The summed E-state index contributed by atoms with van der Waals surface area (Å²) in [6.07, 6.45) is -1.20. The van der Waals surface area contributed by atoms with Crippen LogP contribution in [0.2, 0.25) is 0 Å². The van der Waals surface area contributed by atoms with E-state index in [4.69, 9.17) is 26.8 Å². The van der Waals surface area contributed by atoms with Gasteiger partial charge >= 0.3 is 5.97 Å². The Bertz CT molecular complexity index is 629. The minimum Gasteiger partial charge on any atom is -0.459 e. The predicted octanol–water partition coefficient (Wildman–Crippen LogP) is -1.53. The third kappa shape index (κ3) is 2.99. The highest BCUT2D eigenvalue weighted by Gasteiger charge is 2.58. The van der Waals surface area contributed by atoms with Gasteiger partial charge in [0.25, 0.3) is 0 Å². The smallest absolute Gasteiger partial charge is 0.309 e. The van der Waals surface area contributed by atoms with Crippen molar-refractivity contribution < 1.29 is 24.5 Å². The SMILES string of the molecule is NC1NCNC2C1CCN2[C@@H]1O[C@H]([C@@H]2OC(=O)C3CC(Cl)CCC32)[C@@H](O)[C@H]1O. The molecule has 0 aromatic carbocycles. The second-order valence-electron chi connectivity index (χ2n) is 8.80. The average Bonchev–Trinajstić information content (AvgIpc) is 3.32. The van der Waals surface area contributed by atoms with Crippen molar-refractivity contribution in [2.75, 3.05) is 13.2 Å². The van der Waals surface area contributed by atoms with Gasteiger partial charge in [-0.05, 0) is 25.7 Å². The summed E-state index contributed by atoms with van der Waals surface area (Å²) in [5, 5.41) is 28.1. The predicted molar refractivity (Wildman–Crippen MR) is 98.7 cm³/mol. The van der Waals surface area contributed by atoms with Crippen LogP contribution in [0.3, 0.4) is 0 Å². The van der Waals surface area contributed by atoms with Gasteiger partial charge in [0.2, 0.25) is 0 Å². The van der Waals surface area contributed by atoms with Crippen molar-refractivity contribution in [2.45, 2.75) is 74.0 Å². The molecule has 158 valence electrons. The number of carbonyl (C=O) groups excluding carboxylic acids is 1. The first-order valence-electron chi connectivity index (χ1n) is 10.3. The number of nitrogens with one attached hydrogen (secondary N) is 2. The highest BCUT2D eigenvalue weighted by molar-refractivity contribution is 6.20. The zero-order chi connectivity index (χ0) is 19.6. The number of fused-ring (bicyclic) bond motifs is 2. The van der Waals surface area contributed by atoms with Gasteiger partial charge in [0.05, 0.1) is 18.2 Å². The number of hydrogen-bond donors (Lipinski definition) is 5. The lowest BCUT2D eigenvalue weighted by molar-refractivity contribution is -0.158. The first-order valence-corrected chi connectivity index (χ1v) is 10.7. The number of aliphatic hydroxyl groups is 2. The van der Waals surface area contributed by atoms with Gasteiger partial charge in [-0.2, -0.15) is 0 Å². The van der Waals surface area contributed by atoms with Crippen molar-refractivity contribution in [3.05, 3.63) is 0 Å². The number of nitrogens with two attached hydrogens (primary N) is 1. The molecule has 4 saturated heterocycles. The first-order chi connectivity index (χ1) is 13.5. The van der Waals surface area contributed by atoms with Crippen molar-refractivity contribution >= 4 is 17.6 Å². The monoisotopic (exact) mass is 416 g/mol. The van der Waals surface area contributed by atoms with Gasteiger partial charge in [0.15, 0.2) is 0 Å². The standard InChI is InChI=1S/C18H29ClN4O5/c19-7-1-2-8-10(5-7)18(26)28-13(8)14-11(24)12(25)17(27-14)23-4-3-9-15(20)21-6-22-16(9)23/h7-17,21-22,24-25H,1-6,20H2/t7?,8?,9?,10?,11-,12+,13+,14-,15?,16?,17+/m0/s1. The zero-order valence-corrected chi connectivity index (χ0v) is 16.4. The molecule has 0 aromatic heterocycles. The molecule has 4 heterocycles. The Hall–Kier alpha value is -0.520. The molecule has 1 aliphatic carbocycles. The Morgan fingerprint density at radius 2 is 1.93 bits per heavy atom. The van der Waals surface area contributed by atoms with Crippen LogP contribution in [0.1, 0.15) is 25.7 Å². The third-order valence-electron chi connectivity index (χ3n) is 7.34. The third-order valence-corrected chi connectivity index (χ3v) is 7.73. The fourth-order valence-electron chi connectivity index (χ4n) is 5.86. The van der Waals surface area contributed by atoms with Gasteiger partial charge in [-0.3, -0.25) is 20.3 Å². The van der Waals surface area contributed by atoms with Crippen LogP contribution >= 0.6 is 11.6 Å². The minimum absolute atomic E-state index is 0.0166. The van der Waals surface area contributed by atoms with Gasteiger partial charge in [-0.15, -0.1) is 11.6 Å². The Balaban J connectivity index is 1.32. The van der Waals surface area contributed by atoms with Crippen molar-refractivity contribution in [1.29, 1.82) is 0 Å². The molecule has 4 aliphatic heterocycles. The Labute approximate surface area is 168 Å². The molecule has 0 bridgehead atoms. The summed E-state index contributed by atoms with van der Waals surface area (Å²) in [6, 6.07) is 0. The van der Waals surface area contributed by atoms with Crippen molar-refractivity contribution in [2.24, 2.45) is 23.5 Å². The zero-order valence-electron chi connectivity index (χ0n) is 15.6. The van der Waals surface area contributed by atoms with E-state index in [1.165, 1.54) is 0 Å². The molecule has 11 atom stereocenters. The number of likely N-dealkylation sites (tertiary alicyclic amines) is 1. The second kappa shape index (κ2) is 7.31. The lowest BCUT2D eigenvalue weighted by Gasteiger charge is -2.39. The number of ether oxygens (including phenoxy) is 2. The topological polar surface area (TPSA) is 129 Å². The summed E-state index contributed by atoms with van der Waals surface area (Å²) in [4.78, 5) is 14.4. The number of cyclic esters (lactones) is 1. The maximum atomic E-state index is 12.3. The molecule has 28 heavy (non-hydrogen) atoms. The summed E-state index contributed by atoms with van der Waals surface area (Å²) in [7, 11) is 0. The highest BCUT2D eigenvalue weighted by atomic mass is 35.5. The van der Waals surface area contributed by atoms with E-state index in [2.05, 4.69) is 10.6 Å². The van der Waals surface area contributed by atoms with Crippen LogP contribution < -0.4 is 16.4 Å². The lowest BCUT2D eigenvalue weighted by atomic mass is 9.76. The lowest BCUT2D eigenvalue weighted by Crippen LogP contribution is -2.64. The molecular weight excluding hydrogens is 388 g/mol. The summed E-state index contributed by atoms with van der Waals surface area (Å²) in [6.45, 7) is 1.29. The molecule has 5 fully saturated rings. The van der Waals surface area contributed by atoms with E-state index in [0.29, 0.717) is 19.6 Å². The molecule has 0 amide bonds. The Morgan fingerprint density at radius 3 is 2.75 bits per heavy atom. The van der Waals surface area contributed by atoms with E-state index in [-0.39, 0.29) is 41.4 Å². The second-order valence-corrected chi connectivity index (χ2v) is 9.42. The minimum atomic E-state index is -1.11. The Morgan fingerprint density at radius 1 is 1.11 bits per heavy atom. The fraction of sp³-hybridized carbons (Fsp3) is 0.944. The van der Waals surface area contributed by atoms with Gasteiger partial charge < -0.3 is 25.4 Å². The number of nitrogens with zero attached hydrogens (tertiary/aromatic N) is 1. The number of rotatable bonds is 2. The van der Waals surface area contributed by atoms with Crippen LogP contribution in [-0.2, 0) is 14.3 Å². The van der Waals surface area contributed by atoms with Crippen LogP contribution in [-0.4, -0.2) is 82.6 Å². The van der Waals surface area contributed by atoms with Gasteiger partial charge in [-0.25, -0.2) is 0 Å². The molecule has 9 nitrogen and oxygen atoms in total. The van der Waals surface area contributed by atoms with E-state index < -0.39 is 30.6 Å². The largest absolute Gasteiger partial charge is 0.459 e. The molecule has 5 aliphatic rings. The number of halogens is 1. The number of carbonyl (C=O) groups is 1. The van der Waals surface area contributed by atoms with Crippen molar-refractivity contribution in [1.82, 2.24) is 15.5 Å². The molecule has 0 radical (unpaired) electrons. The molecule has 6 unspecified atom stereocenters. The molecular formula is C18H29ClN4O5.